The highest BCUT2D eigenvalue weighted by Crippen LogP contribution is 2.25. The van der Waals surface area contributed by atoms with Crippen LogP contribution in [0.4, 0.5) is 4.39 Å². The van der Waals surface area contributed by atoms with E-state index < -0.39 is 11.4 Å². The standard InChI is InChI=1S/C18H18FN3O2S/c1-11(2)17(15-4-3-7-25-15)21-16(23)9-22-10-20-14-6-5-12(19)8-13(14)18(22)24/h3-8,10-11,17H,9H2,1-2H3,(H,21,23). The topological polar surface area (TPSA) is 64.0 Å². The van der Waals surface area contributed by atoms with E-state index in [0.29, 0.717) is 5.52 Å². The number of halogens is 1. The summed E-state index contributed by atoms with van der Waals surface area (Å²) < 4.78 is 14.6. The van der Waals surface area contributed by atoms with Crippen molar-refractivity contribution < 1.29 is 9.18 Å². The average molecular weight is 359 g/mol. The van der Waals surface area contributed by atoms with E-state index in [1.807, 2.05) is 31.4 Å². The van der Waals surface area contributed by atoms with Crippen LogP contribution in [-0.4, -0.2) is 15.5 Å². The minimum Gasteiger partial charge on any atom is -0.347 e. The predicted molar refractivity (Wildman–Crippen MR) is 96.0 cm³/mol. The molecule has 7 heteroatoms. The molecule has 0 spiro atoms. The number of carbonyl (C=O) groups is 1. The second-order valence-electron chi connectivity index (χ2n) is 6.14. The van der Waals surface area contributed by atoms with Gasteiger partial charge >= 0.3 is 0 Å². The number of benzene rings is 1. The molecule has 0 bridgehead atoms. The zero-order chi connectivity index (χ0) is 18.0. The molecular weight excluding hydrogens is 341 g/mol. The Kier molecular flexibility index (Phi) is 4.94. The Morgan fingerprint density at radius 2 is 2.16 bits per heavy atom. The molecule has 3 rings (SSSR count). The van der Waals surface area contributed by atoms with Crippen LogP contribution in [-0.2, 0) is 11.3 Å². The maximum atomic E-state index is 13.4. The molecule has 5 nitrogen and oxygen atoms in total. The molecule has 1 atom stereocenters. The summed E-state index contributed by atoms with van der Waals surface area (Å²) in [6.45, 7) is 3.89. The fourth-order valence-corrected chi connectivity index (χ4v) is 3.60. The molecule has 2 heterocycles. The molecule has 1 unspecified atom stereocenters. The van der Waals surface area contributed by atoms with E-state index in [1.54, 1.807) is 11.3 Å². The smallest absolute Gasteiger partial charge is 0.261 e. The summed E-state index contributed by atoms with van der Waals surface area (Å²) in [4.78, 5) is 30.0. The van der Waals surface area contributed by atoms with Crippen LogP contribution in [0.2, 0.25) is 0 Å². The van der Waals surface area contributed by atoms with E-state index in [0.717, 1.165) is 10.9 Å². The lowest BCUT2D eigenvalue weighted by molar-refractivity contribution is -0.122. The molecule has 0 aliphatic heterocycles. The fourth-order valence-electron chi connectivity index (χ4n) is 2.65. The van der Waals surface area contributed by atoms with Crippen molar-refractivity contribution in [1.29, 1.82) is 0 Å². The molecule has 0 aliphatic carbocycles. The van der Waals surface area contributed by atoms with E-state index in [9.17, 15) is 14.0 Å². The SMILES string of the molecule is CC(C)C(NC(=O)Cn1cnc2ccc(F)cc2c1=O)c1cccs1. The third-order valence-corrected chi connectivity index (χ3v) is 4.89. The fraction of sp³-hybridized carbons (Fsp3) is 0.278. The molecule has 1 aromatic carbocycles. The van der Waals surface area contributed by atoms with Crippen molar-refractivity contribution in [2.24, 2.45) is 5.92 Å². The Hall–Kier alpha value is -2.54. The van der Waals surface area contributed by atoms with Crippen LogP contribution in [0.1, 0.15) is 24.8 Å². The number of thiophene rings is 1. The summed E-state index contributed by atoms with van der Waals surface area (Å²) in [5.41, 5.74) is -0.0291. The number of aromatic nitrogens is 2. The molecule has 1 N–H and O–H groups in total. The van der Waals surface area contributed by atoms with Crippen LogP contribution in [0.25, 0.3) is 10.9 Å². The van der Waals surface area contributed by atoms with Gasteiger partial charge in [0, 0.05) is 4.88 Å². The molecule has 25 heavy (non-hydrogen) atoms. The quantitative estimate of drug-likeness (QED) is 0.761. The van der Waals surface area contributed by atoms with Gasteiger partial charge in [-0.15, -0.1) is 11.3 Å². The lowest BCUT2D eigenvalue weighted by Gasteiger charge is -2.21. The van der Waals surface area contributed by atoms with E-state index in [2.05, 4.69) is 10.3 Å². The lowest BCUT2D eigenvalue weighted by Crippen LogP contribution is -2.36. The molecular formula is C18H18FN3O2S. The molecule has 0 saturated carbocycles. The van der Waals surface area contributed by atoms with E-state index in [-0.39, 0.29) is 29.8 Å². The Bertz CT molecular complexity index is 951. The van der Waals surface area contributed by atoms with Crippen molar-refractivity contribution >= 4 is 28.1 Å². The summed E-state index contributed by atoms with van der Waals surface area (Å²) in [6, 6.07) is 7.63. The van der Waals surface area contributed by atoms with E-state index >= 15 is 0 Å². The molecule has 0 fully saturated rings. The van der Waals surface area contributed by atoms with Gasteiger partial charge in [0.05, 0.1) is 23.3 Å². The van der Waals surface area contributed by atoms with Gasteiger partial charge in [-0.05, 0) is 35.6 Å². The second-order valence-corrected chi connectivity index (χ2v) is 7.12. The van der Waals surface area contributed by atoms with Crippen molar-refractivity contribution in [2.75, 3.05) is 0 Å². The maximum Gasteiger partial charge on any atom is 0.261 e. The molecule has 0 aliphatic rings. The largest absolute Gasteiger partial charge is 0.347 e. The van der Waals surface area contributed by atoms with Crippen molar-refractivity contribution in [3.63, 3.8) is 0 Å². The van der Waals surface area contributed by atoms with Gasteiger partial charge in [-0.3, -0.25) is 14.2 Å². The van der Waals surface area contributed by atoms with Crippen molar-refractivity contribution in [1.82, 2.24) is 14.9 Å². The summed E-state index contributed by atoms with van der Waals surface area (Å²) in [6.07, 6.45) is 1.32. The number of nitrogens with zero attached hydrogens (tertiary/aromatic N) is 2. The van der Waals surface area contributed by atoms with Crippen LogP contribution in [0, 0.1) is 11.7 Å². The molecule has 3 aromatic rings. The Morgan fingerprint density at radius 3 is 2.84 bits per heavy atom. The van der Waals surface area contributed by atoms with Gasteiger partial charge in [-0.1, -0.05) is 19.9 Å². The first-order valence-corrected chi connectivity index (χ1v) is 8.81. The van der Waals surface area contributed by atoms with Gasteiger partial charge in [-0.2, -0.15) is 0 Å². The second kappa shape index (κ2) is 7.14. The minimum absolute atomic E-state index is 0.117. The molecule has 0 saturated heterocycles. The summed E-state index contributed by atoms with van der Waals surface area (Å²) in [7, 11) is 0. The van der Waals surface area contributed by atoms with Gasteiger partial charge < -0.3 is 5.32 Å². The lowest BCUT2D eigenvalue weighted by atomic mass is 10.0. The number of rotatable bonds is 5. The van der Waals surface area contributed by atoms with Crippen LogP contribution < -0.4 is 10.9 Å². The van der Waals surface area contributed by atoms with E-state index in [4.69, 9.17) is 0 Å². The zero-order valence-electron chi connectivity index (χ0n) is 13.9. The molecule has 130 valence electrons. The number of hydrogen-bond donors (Lipinski definition) is 1. The van der Waals surface area contributed by atoms with Crippen molar-refractivity contribution in [3.05, 3.63) is 63.1 Å². The first kappa shape index (κ1) is 17.3. The summed E-state index contributed by atoms with van der Waals surface area (Å²) in [5.74, 6) is -0.582. The van der Waals surface area contributed by atoms with Gasteiger partial charge in [0.25, 0.3) is 5.56 Å². The highest BCUT2D eigenvalue weighted by atomic mass is 32.1. The van der Waals surface area contributed by atoms with Gasteiger partial charge in [0.1, 0.15) is 12.4 Å². The minimum atomic E-state index is -0.508. The Balaban J connectivity index is 1.82. The number of carbonyl (C=O) groups excluding carboxylic acids is 1. The zero-order valence-corrected chi connectivity index (χ0v) is 14.7. The van der Waals surface area contributed by atoms with Crippen LogP contribution in [0.5, 0.6) is 0 Å². The average Bonchev–Trinajstić information content (AvgIpc) is 3.09. The number of fused-ring (bicyclic) bond motifs is 1. The highest BCUT2D eigenvalue weighted by molar-refractivity contribution is 7.10. The number of hydrogen-bond acceptors (Lipinski definition) is 4. The van der Waals surface area contributed by atoms with Crippen LogP contribution >= 0.6 is 11.3 Å². The molecule has 1 amide bonds. The van der Waals surface area contributed by atoms with Gasteiger partial charge in [0.15, 0.2) is 0 Å². The number of nitrogens with one attached hydrogen (secondary N) is 1. The van der Waals surface area contributed by atoms with Crippen molar-refractivity contribution in [3.8, 4) is 0 Å². The van der Waals surface area contributed by atoms with E-state index in [1.165, 1.54) is 23.0 Å². The summed E-state index contributed by atoms with van der Waals surface area (Å²) >= 11 is 1.58. The van der Waals surface area contributed by atoms with Crippen LogP contribution in [0.3, 0.4) is 0 Å². The monoisotopic (exact) mass is 359 g/mol. The first-order chi connectivity index (χ1) is 12.0. The Labute approximate surface area is 148 Å². The highest BCUT2D eigenvalue weighted by Gasteiger charge is 2.19. The summed E-state index contributed by atoms with van der Waals surface area (Å²) in [5, 5.41) is 5.09. The van der Waals surface area contributed by atoms with Crippen molar-refractivity contribution in [2.45, 2.75) is 26.4 Å². The predicted octanol–water partition coefficient (Wildman–Crippen LogP) is 3.11. The maximum absolute atomic E-state index is 13.4. The molecule has 2 aromatic heterocycles. The van der Waals surface area contributed by atoms with Gasteiger partial charge in [-0.25, -0.2) is 9.37 Å². The third-order valence-electron chi connectivity index (χ3n) is 3.93. The van der Waals surface area contributed by atoms with Crippen LogP contribution in [0.15, 0.2) is 46.8 Å². The normalized spacial score (nSPS) is 12.5. The first-order valence-electron chi connectivity index (χ1n) is 7.93. The number of amides is 1. The van der Waals surface area contributed by atoms with Gasteiger partial charge in [0.2, 0.25) is 5.91 Å². The molecule has 0 radical (unpaired) electrons. The third kappa shape index (κ3) is 3.76. The Morgan fingerprint density at radius 1 is 1.36 bits per heavy atom.